The van der Waals surface area contributed by atoms with E-state index < -0.39 is 6.04 Å². The van der Waals surface area contributed by atoms with E-state index in [1.165, 1.54) is 0 Å². The first-order chi connectivity index (χ1) is 10.0. The Labute approximate surface area is 121 Å². The molecule has 1 N–H and O–H groups in total. The molecule has 0 radical (unpaired) electrons. The molecule has 1 aromatic carbocycles. The lowest BCUT2D eigenvalue weighted by Gasteiger charge is -2.21. The van der Waals surface area contributed by atoms with Gasteiger partial charge in [0.2, 0.25) is 0 Å². The lowest BCUT2D eigenvalue weighted by Crippen LogP contribution is -2.44. The van der Waals surface area contributed by atoms with Crippen molar-refractivity contribution in [2.45, 2.75) is 25.3 Å². The Kier molecular flexibility index (Phi) is 3.29. The van der Waals surface area contributed by atoms with Crippen LogP contribution in [0.2, 0.25) is 0 Å². The van der Waals surface area contributed by atoms with Crippen molar-refractivity contribution < 1.29 is 14.4 Å². The quantitative estimate of drug-likeness (QED) is 0.834. The van der Waals surface area contributed by atoms with Gasteiger partial charge in [-0.2, -0.15) is 5.10 Å². The second kappa shape index (κ2) is 5.12. The van der Waals surface area contributed by atoms with Crippen LogP contribution >= 0.6 is 0 Å². The smallest absolute Gasteiger partial charge is 0.251 e. The minimum absolute atomic E-state index is 0.0539. The highest BCUT2D eigenvalue weighted by Crippen LogP contribution is 2.16. The zero-order chi connectivity index (χ0) is 15.0. The van der Waals surface area contributed by atoms with Gasteiger partial charge >= 0.3 is 0 Å². The van der Waals surface area contributed by atoms with Crippen molar-refractivity contribution in [3.63, 3.8) is 0 Å². The van der Waals surface area contributed by atoms with Crippen LogP contribution in [0.5, 0.6) is 0 Å². The fourth-order valence-electron chi connectivity index (χ4n) is 2.55. The first-order valence-corrected chi connectivity index (χ1v) is 6.81. The summed E-state index contributed by atoms with van der Waals surface area (Å²) < 4.78 is 1.69. The van der Waals surface area contributed by atoms with E-state index in [-0.39, 0.29) is 23.9 Å². The SMILES string of the molecule is Cn1ncc2ccc(C(=O)NC3CCC(=O)CC3=O)cc21. The van der Waals surface area contributed by atoms with Crippen LogP contribution in [-0.2, 0) is 16.6 Å². The Morgan fingerprint density at radius 1 is 1.38 bits per heavy atom. The third-order valence-electron chi connectivity index (χ3n) is 3.79. The van der Waals surface area contributed by atoms with Crippen LogP contribution in [0, 0.1) is 0 Å². The Morgan fingerprint density at radius 2 is 2.19 bits per heavy atom. The Bertz CT molecular complexity index is 748. The summed E-state index contributed by atoms with van der Waals surface area (Å²) in [5.41, 5.74) is 1.34. The molecule has 0 spiro atoms. The highest BCUT2D eigenvalue weighted by atomic mass is 16.2. The lowest BCUT2D eigenvalue weighted by atomic mass is 9.93. The number of aryl methyl sites for hydroxylation is 1. The maximum absolute atomic E-state index is 12.2. The van der Waals surface area contributed by atoms with Gasteiger partial charge in [0, 0.05) is 24.4 Å². The molecule has 3 rings (SSSR count). The van der Waals surface area contributed by atoms with E-state index in [0.717, 1.165) is 10.9 Å². The molecule has 1 fully saturated rings. The van der Waals surface area contributed by atoms with Gasteiger partial charge in [0.25, 0.3) is 5.91 Å². The van der Waals surface area contributed by atoms with E-state index in [9.17, 15) is 14.4 Å². The summed E-state index contributed by atoms with van der Waals surface area (Å²) in [5, 5.41) is 7.79. The monoisotopic (exact) mass is 285 g/mol. The topological polar surface area (TPSA) is 81.1 Å². The zero-order valence-electron chi connectivity index (χ0n) is 11.6. The van der Waals surface area contributed by atoms with Crippen molar-refractivity contribution in [1.29, 1.82) is 0 Å². The molecular formula is C15H15N3O3. The number of nitrogens with zero attached hydrogens (tertiary/aromatic N) is 2. The average molecular weight is 285 g/mol. The van der Waals surface area contributed by atoms with Gasteiger partial charge < -0.3 is 5.32 Å². The number of Topliss-reactive ketones (excluding diaryl/α,β-unsaturated/α-hetero) is 2. The van der Waals surface area contributed by atoms with Gasteiger partial charge in [0.1, 0.15) is 5.78 Å². The van der Waals surface area contributed by atoms with E-state index in [1.54, 1.807) is 30.1 Å². The number of carbonyl (C=O) groups excluding carboxylic acids is 3. The Hall–Kier alpha value is -2.50. The first kappa shape index (κ1) is 13.5. The molecule has 1 aliphatic rings. The summed E-state index contributed by atoms with van der Waals surface area (Å²) >= 11 is 0. The van der Waals surface area contributed by atoms with Gasteiger partial charge in [0.15, 0.2) is 5.78 Å². The first-order valence-electron chi connectivity index (χ1n) is 6.81. The molecule has 1 aliphatic carbocycles. The highest BCUT2D eigenvalue weighted by Gasteiger charge is 2.28. The van der Waals surface area contributed by atoms with Crippen LogP contribution in [0.3, 0.4) is 0 Å². The molecule has 0 saturated heterocycles. The maximum atomic E-state index is 12.2. The molecule has 0 bridgehead atoms. The van der Waals surface area contributed by atoms with Gasteiger partial charge in [-0.3, -0.25) is 19.1 Å². The number of carbonyl (C=O) groups is 3. The summed E-state index contributed by atoms with van der Waals surface area (Å²) in [6.07, 6.45) is 2.38. The molecule has 1 amide bonds. The third kappa shape index (κ3) is 2.56. The predicted octanol–water partition coefficient (Wildman–Crippen LogP) is 0.994. The van der Waals surface area contributed by atoms with Crippen LogP contribution in [0.15, 0.2) is 24.4 Å². The van der Waals surface area contributed by atoms with Crippen molar-refractivity contribution >= 4 is 28.4 Å². The van der Waals surface area contributed by atoms with Crippen LogP contribution in [0.1, 0.15) is 29.6 Å². The number of hydrogen-bond acceptors (Lipinski definition) is 4. The molecule has 0 aliphatic heterocycles. The van der Waals surface area contributed by atoms with Crippen molar-refractivity contribution in [1.82, 2.24) is 15.1 Å². The fraction of sp³-hybridized carbons (Fsp3) is 0.333. The largest absolute Gasteiger partial charge is 0.342 e. The predicted molar refractivity (Wildman–Crippen MR) is 75.8 cm³/mol. The van der Waals surface area contributed by atoms with Crippen molar-refractivity contribution in [3.05, 3.63) is 30.0 Å². The molecule has 1 saturated carbocycles. The second-order valence-electron chi connectivity index (χ2n) is 5.29. The fourth-order valence-corrected chi connectivity index (χ4v) is 2.55. The lowest BCUT2D eigenvalue weighted by molar-refractivity contribution is -0.131. The van der Waals surface area contributed by atoms with Crippen LogP contribution < -0.4 is 5.32 Å². The molecule has 2 aromatic rings. The summed E-state index contributed by atoms with van der Waals surface area (Å²) in [6, 6.07) is 4.72. The molecule has 1 aromatic heterocycles. The second-order valence-corrected chi connectivity index (χ2v) is 5.29. The molecule has 6 nitrogen and oxygen atoms in total. The standard InChI is InChI=1S/C15H15N3O3/c1-18-13-6-9(2-3-10(13)8-16-18)15(21)17-12-5-4-11(19)7-14(12)20/h2-3,6,8,12H,4-5,7H2,1H3,(H,17,21). The van der Waals surface area contributed by atoms with E-state index >= 15 is 0 Å². The minimum atomic E-state index is -0.558. The number of aromatic nitrogens is 2. The molecule has 1 heterocycles. The van der Waals surface area contributed by atoms with Gasteiger partial charge in [-0.1, -0.05) is 6.07 Å². The summed E-state index contributed by atoms with van der Waals surface area (Å²) in [5.74, 6) is -0.561. The van der Waals surface area contributed by atoms with E-state index in [2.05, 4.69) is 10.4 Å². The van der Waals surface area contributed by atoms with Gasteiger partial charge in [-0.15, -0.1) is 0 Å². The van der Waals surface area contributed by atoms with Crippen LogP contribution in [0.25, 0.3) is 10.9 Å². The Balaban J connectivity index is 1.79. The number of ketones is 2. The van der Waals surface area contributed by atoms with Crippen LogP contribution in [-0.4, -0.2) is 33.3 Å². The van der Waals surface area contributed by atoms with Crippen LogP contribution in [0.4, 0.5) is 0 Å². The van der Waals surface area contributed by atoms with E-state index in [1.807, 2.05) is 6.07 Å². The van der Waals surface area contributed by atoms with Gasteiger partial charge in [0.05, 0.1) is 24.2 Å². The Morgan fingerprint density at radius 3 is 2.95 bits per heavy atom. The molecular weight excluding hydrogens is 270 g/mol. The molecule has 108 valence electrons. The van der Waals surface area contributed by atoms with E-state index in [4.69, 9.17) is 0 Å². The molecule has 1 unspecified atom stereocenters. The van der Waals surface area contributed by atoms with Crippen molar-refractivity contribution in [3.8, 4) is 0 Å². The van der Waals surface area contributed by atoms with Gasteiger partial charge in [-0.05, 0) is 18.6 Å². The minimum Gasteiger partial charge on any atom is -0.342 e. The highest BCUT2D eigenvalue weighted by molar-refractivity contribution is 6.06. The number of rotatable bonds is 2. The number of amides is 1. The maximum Gasteiger partial charge on any atom is 0.251 e. The van der Waals surface area contributed by atoms with Crippen molar-refractivity contribution in [2.24, 2.45) is 7.05 Å². The summed E-state index contributed by atoms with van der Waals surface area (Å²) in [6.45, 7) is 0. The summed E-state index contributed by atoms with van der Waals surface area (Å²) in [7, 11) is 1.81. The number of hydrogen-bond donors (Lipinski definition) is 1. The zero-order valence-corrected chi connectivity index (χ0v) is 11.6. The molecule has 6 heteroatoms. The third-order valence-corrected chi connectivity index (χ3v) is 3.79. The normalized spacial score (nSPS) is 19.0. The molecule has 21 heavy (non-hydrogen) atoms. The average Bonchev–Trinajstić information content (AvgIpc) is 2.83. The number of nitrogens with one attached hydrogen (secondary N) is 1. The molecule has 1 atom stereocenters. The van der Waals surface area contributed by atoms with E-state index in [0.29, 0.717) is 18.4 Å². The number of fused-ring (bicyclic) bond motifs is 1. The van der Waals surface area contributed by atoms with Gasteiger partial charge in [-0.25, -0.2) is 0 Å². The number of benzene rings is 1. The summed E-state index contributed by atoms with van der Waals surface area (Å²) in [4.78, 5) is 35.2. The van der Waals surface area contributed by atoms with Crippen molar-refractivity contribution in [2.75, 3.05) is 0 Å².